The lowest BCUT2D eigenvalue weighted by molar-refractivity contribution is -0.123. The number of hydrogen-bond acceptors (Lipinski definition) is 2. The molecular weight excluding hydrogens is 234 g/mol. The SMILES string of the molecule is CC(C)(C)C1CCCN(CC(=O)C2CCCC2)CC1. The van der Waals surface area contributed by atoms with Crippen LogP contribution in [0.3, 0.4) is 0 Å². The summed E-state index contributed by atoms with van der Waals surface area (Å²) < 4.78 is 0. The van der Waals surface area contributed by atoms with E-state index in [4.69, 9.17) is 0 Å². The van der Waals surface area contributed by atoms with Crippen LogP contribution in [0.25, 0.3) is 0 Å². The lowest BCUT2D eigenvalue weighted by Crippen LogP contribution is -2.33. The Hall–Kier alpha value is -0.370. The van der Waals surface area contributed by atoms with Crippen molar-refractivity contribution in [2.24, 2.45) is 17.3 Å². The molecule has 1 saturated carbocycles. The van der Waals surface area contributed by atoms with E-state index >= 15 is 0 Å². The predicted octanol–water partition coefficient (Wildman–Crippen LogP) is 3.89. The van der Waals surface area contributed by atoms with Crippen LogP contribution in [0.5, 0.6) is 0 Å². The summed E-state index contributed by atoms with van der Waals surface area (Å²) in [5.74, 6) is 1.73. The van der Waals surface area contributed by atoms with Crippen LogP contribution >= 0.6 is 0 Å². The predicted molar refractivity (Wildman–Crippen MR) is 80.2 cm³/mol. The van der Waals surface area contributed by atoms with E-state index in [0.717, 1.165) is 38.4 Å². The number of rotatable bonds is 3. The normalized spacial score (nSPS) is 27.4. The minimum Gasteiger partial charge on any atom is -0.298 e. The van der Waals surface area contributed by atoms with Crippen molar-refractivity contribution in [1.82, 2.24) is 4.90 Å². The van der Waals surface area contributed by atoms with Crippen LogP contribution in [0, 0.1) is 17.3 Å². The van der Waals surface area contributed by atoms with Crippen LogP contribution in [-0.4, -0.2) is 30.3 Å². The van der Waals surface area contributed by atoms with E-state index in [2.05, 4.69) is 25.7 Å². The van der Waals surface area contributed by atoms with E-state index in [1.807, 2.05) is 0 Å². The summed E-state index contributed by atoms with van der Waals surface area (Å²) >= 11 is 0. The third kappa shape index (κ3) is 4.30. The van der Waals surface area contributed by atoms with Gasteiger partial charge in [0.2, 0.25) is 0 Å². The van der Waals surface area contributed by atoms with Gasteiger partial charge in [-0.2, -0.15) is 0 Å². The quantitative estimate of drug-likeness (QED) is 0.771. The number of carbonyl (C=O) groups excluding carboxylic acids is 1. The van der Waals surface area contributed by atoms with Crippen molar-refractivity contribution < 1.29 is 4.79 Å². The largest absolute Gasteiger partial charge is 0.298 e. The average Bonchev–Trinajstić information content (AvgIpc) is 2.75. The van der Waals surface area contributed by atoms with Crippen molar-refractivity contribution in [3.8, 4) is 0 Å². The van der Waals surface area contributed by atoms with Crippen LogP contribution in [0.4, 0.5) is 0 Å². The van der Waals surface area contributed by atoms with E-state index in [-0.39, 0.29) is 0 Å². The molecule has 1 aliphatic carbocycles. The zero-order valence-electron chi connectivity index (χ0n) is 13.1. The highest BCUT2D eigenvalue weighted by Gasteiger charge is 2.29. The Kier molecular flexibility index (Phi) is 5.05. The standard InChI is InChI=1S/C17H31NO/c1-17(2,3)15-9-6-11-18(12-10-15)13-16(19)14-7-4-5-8-14/h14-15H,4-13H2,1-3H3. The monoisotopic (exact) mass is 265 g/mol. The van der Waals surface area contributed by atoms with Crippen LogP contribution in [0.2, 0.25) is 0 Å². The highest BCUT2D eigenvalue weighted by Crippen LogP contribution is 2.34. The molecule has 0 spiro atoms. The van der Waals surface area contributed by atoms with Crippen LogP contribution in [-0.2, 0) is 4.79 Å². The first kappa shape index (κ1) is 15.0. The number of ketones is 1. The van der Waals surface area contributed by atoms with Gasteiger partial charge in [0.15, 0.2) is 0 Å². The molecule has 2 heteroatoms. The number of likely N-dealkylation sites (tertiary alicyclic amines) is 1. The maximum absolute atomic E-state index is 12.3. The van der Waals surface area contributed by atoms with Gasteiger partial charge in [0.1, 0.15) is 5.78 Å². The van der Waals surface area contributed by atoms with Gasteiger partial charge >= 0.3 is 0 Å². The average molecular weight is 265 g/mol. The maximum atomic E-state index is 12.3. The van der Waals surface area contributed by atoms with Gasteiger partial charge in [0.05, 0.1) is 6.54 Å². The molecule has 1 heterocycles. The van der Waals surface area contributed by atoms with Crippen LogP contribution in [0.1, 0.15) is 65.7 Å². The number of carbonyl (C=O) groups is 1. The molecule has 0 aromatic rings. The van der Waals surface area contributed by atoms with Crippen molar-refractivity contribution in [2.75, 3.05) is 19.6 Å². The molecule has 0 bridgehead atoms. The molecule has 1 atom stereocenters. The highest BCUT2D eigenvalue weighted by molar-refractivity contribution is 5.83. The molecule has 2 fully saturated rings. The van der Waals surface area contributed by atoms with Gasteiger partial charge in [0.25, 0.3) is 0 Å². The minimum atomic E-state index is 0.390. The second-order valence-electron chi connectivity index (χ2n) is 7.72. The third-order valence-corrected chi connectivity index (χ3v) is 5.24. The summed E-state index contributed by atoms with van der Waals surface area (Å²) in [5, 5.41) is 0. The molecule has 0 amide bonds. The molecular formula is C17H31NO. The molecule has 2 nitrogen and oxygen atoms in total. The molecule has 2 rings (SSSR count). The molecule has 0 aromatic carbocycles. The van der Waals surface area contributed by atoms with E-state index < -0.39 is 0 Å². The summed E-state index contributed by atoms with van der Waals surface area (Å²) in [5.41, 5.74) is 0.422. The lowest BCUT2D eigenvalue weighted by atomic mass is 9.77. The van der Waals surface area contributed by atoms with Crippen LogP contribution in [0.15, 0.2) is 0 Å². The summed E-state index contributed by atoms with van der Waals surface area (Å²) in [7, 11) is 0. The molecule has 0 N–H and O–H groups in total. The first-order chi connectivity index (χ1) is 8.97. The van der Waals surface area contributed by atoms with Gasteiger partial charge in [0, 0.05) is 5.92 Å². The molecule has 2 aliphatic rings. The minimum absolute atomic E-state index is 0.390. The Morgan fingerprint density at radius 2 is 1.68 bits per heavy atom. The summed E-state index contributed by atoms with van der Waals surface area (Å²) in [6, 6.07) is 0. The molecule has 0 aromatic heterocycles. The van der Waals surface area contributed by atoms with Crippen LogP contribution < -0.4 is 0 Å². The first-order valence-electron chi connectivity index (χ1n) is 8.22. The fourth-order valence-corrected chi connectivity index (χ4v) is 3.78. The third-order valence-electron chi connectivity index (χ3n) is 5.24. The van der Waals surface area contributed by atoms with Gasteiger partial charge < -0.3 is 0 Å². The zero-order valence-corrected chi connectivity index (χ0v) is 13.1. The smallest absolute Gasteiger partial charge is 0.149 e. The Bertz CT molecular complexity index is 299. The highest BCUT2D eigenvalue weighted by atomic mass is 16.1. The van der Waals surface area contributed by atoms with Crippen molar-refractivity contribution in [3.63, 3.8) is 0 Å². The Morgan fingerprint density at radius 1 is 1.00 bits per heavy atom. The molecule has 19 heavy (non-hydrogen) atoms. The molecule has 0 radical (unpaired) electrons. The van der Waals surface area contributed by atoms with Gasteiger partial charge in [-0.05, 0) is 56.5 Å². The number of Topliss-reactive ketones (excluding diaryl/α,β-unsaturated/α-hetero) is 1. The van der Waals surface area contributed by atoms with Gasteiger partial charge in [-0.3, -0.25) is 9.69 Å². The summed E-state index contributed by atoms with van der Waals surface area (Å²) in [4.78, 5) is 14.7. The first-order valence-corrected chi connectivity index (χ1v) is 8.22. The molecule has 1 aliphatic heterocycles. The van der Waals surface area contributed by atoms with Crippen molar-refractivity contribution in [2.45, 2.75) is 65.7 Å². The number of hydrogen-bond donors (Lipinski definition) is 0. The summed E-state index contributed by atoms with van der Waals surface area (Å²) in [6.07, 6.45) is 8.69. The Balaban J connectivity index is 1.80. The maximum Gasteiger partial charge on any atom is 0.149 e. The van der Waals surface area contributed by atoms with E-state index in [0.29, 0.717) is 17.1 Å². The molecule has 110 valence electrons. The van der Waals surface area contributed by atoms with E-state index in [1.165, 1.54) is 32.1 Å². The Labute approximate surface area is 118 Å². The van der Waals surface area contributed by atoms with E-state index in [1.54, 1.807) is 0 Å². The van der Waals surface area contributed by atoms with Gasteiger partial charge in [-0.15, -0.1) is 0 Å². The Morgan fingerprint density at radius 3 is 2.32 bits per heavy atom. The number of nitrogens with zero attached hydrogens (tertiary/aromatic N) is 1. The van der Waals surface area contributed by atoms with Crippen molar-refractivity contribution >= 4 is 5.78 Å². The molecule has 1 saturated heterocycles. The van der Waals surface area contributed by atoms with Gasteiger partial charge in [-0.1, -0.05) is 33.6 Å². The van der Waals surface area contributed by atoms with Crippen molar-refractivity contribution in [1.29, 1.82) is 0 Å². The summed E-state index contributed by atoms with van der Waals surface area (Å²) in [6.45, 7) is 10.1. The second kappa shape index (κ2) is 6.39. The second-order valence-corrected chi connectivity index (χ2v) is 7.72. The van der Waals surface area contributed by atoms with Crippen molar-refractivity contribution in [3.05, 3.63) is 0 Å². The molecule has 1 unspecified atom stereocenters. The topological polar surface area (TPSA) is 20.3 Å². The van der Waals surface area contributed by atoms with E-state index in [9.17, 15) is 4.79 Å². The lowest BCUT2D eigenvalue weighted by Gasteiger charge is -2.29. The fraction of sp³-hybridized carbons (Fsp3) is 0.941. The zero-order chi connectivity index (χ0) is 13.9. The fourth-order valence-electron chi connectivity index (χ4n) is 3.78. The van der Waals surface area contributed by atoms with Gasteiger partial charge in [-0.25, -0.2) is 0 Å².